The molecule has 1 aliphatic carbocycles. The molecule has 0 spiro atoms. The molecular weight excluding hydrogens is 796 g/mol. The molecule has 0 amide bonds. The van der Waals surface area contributed by atoms with Crippen LogP contribution in [-0.2, 0) is 34.8 Å². The van der Waals surface area contributed by atoms with E-state index in [1.165, 1.54) is 66.9 Å². The van der Waals surface area contributed by atoms with Gasteiger partial charge in [-0.2, -0.15) is 0 Å². The van der Waals surface area contributed by atoms with Crippen molar-refractivity contribution in [1.29, 1.82) is 0 Å². The van der Waals surface area contributed by atoms with E-state index in [9.17, 15) is 0 Å². The minimum atomic E-state index is -0.749. The first-order valence-electron chi connectivity index (χ1n) is 20.4. The van der Waals surface area contributed by atoms with Gasteiger partial charge in [-0.25, -0.2) is 0 Å². The van der Waals surface area contributed by atoms with Gasteiger partial charge in [-0.3, -0.25) is 0 Å². The van der Waals surface area contributed by atoms with Crippen LogP contribution in [0.2, 0.25) is 0 Å². The van der Waals surface area contributed by atoms with Gasteiger partial charge in [-0.15, -0.1) is 0 Å². The third-order valence-corrected chi connectivity index (χ3v) is 12.7. The molecule has 4 aromatic rings. The van der Waals surface area contributed by atoms with E-state index in [0.29, 0.717) is 63.3 Å². The number of ether oxygens (including phenoxy) is 6. The number of allylic oxidation sites excluding steroid dienone is 1. The van der Waals surface area contributed by atoms with Crippen LogP contribution >= 0.6 is 0 Å². The van der Waals surface area contributed by atoms with E-state index in [2.05, 4.69) is 158 Å². The predicted octanol–water partition coefficient (Wildman–Crippen LogP) is 8.29. The summed E-state index contributed by atoms with van der Waals surface area (Å²) in [6, 6.07) is 21.0. The van der Waals surface area contributed by atoms with Crippen molar-refractivity contribution >= 4 is 55.5 Å². The second kappa shape index (κ2) is 27.0. The first kappa shape index (κ1) is 52.1. The summed E-state index contributed by atoms with van der Waals surface area (Å²) in [5.41, 5.74) is 14.6. The average Bonchev–Trinajstić information content (AvgIpc) is 3.76. The molecule has 2 radical (unpaired) electrons. The van der Waals surface area contributed by atoms with Crippen LogP contribution in [0, 0.1) is 0 Å². The monoisotopic (exact) mass is 868 g/mol. The van der Waals surface area contributed by atoms with Gasteiger partial charge in [0.05, 0.1) is 39.6 Å². The molecule has 0 aromatic heterocycles. The molecule has 0 N–H and O–H groups in total. The largest absolute Gasteiger partial charge is 1.00 e. The zero-order valence-electron chi connectivity index (χ0n) is 38.5. The minimum Gasteiger partial charge on any atom is -0.382 e. The molecular formula is C48H71GeN2NaO6. The Labute approximate surface area is 380 Å². The maximum Gasteiger partial charge on any atom is 1.00 e. The second-order valence-corrected chi connectivity index (χ2v) is 17.8. The molecule has 4 aromatic carbocycles. The SMILES string of the molecule is CC(C)c1cccc(C(C)C)c1[N]1[Ge][N](c2c(C(C)C)cccc2C(C)C)c2c1c1cccc3c1[c-]2C=CC3.COCCOC.COCCOC.COCCOC.[Na+]. The second-order valence-electron chi connectivity index (χ2n) is 15.5. The Balaban J connectivity index is 0.000000512. The number of nitrogens with zero attached hydrogens (tertiary/aromatic N) is 2. The standard InChI is InChI=1S/C36H41GeN2.3C4H10O2.Na/c1-21(2)26-15-11-16-27(22(3)4)33(26)38-35-30-19-9-13-25-14-10-20-31(32(25)30)36(35)39(37-38)34-28(23(5)6)17-12-18-29(34)24(7)8;3*1-5-3-4-6-2;/h9-13,15-24H,14H2,1-8H3;3*3-4H2,1-2H3;/q-1;;;;+1. The van der Waals surface area contributed by atoms with Gasteiger partial charge < -0.3 is 28.4 Å². The quantitative estimate of drug-likeness (QED) is 0.0673. The van der Waals surface area contributed by atoms with Crippen molar-refractivity contribution in [3.05, 3.63) is 94.1 Å². The Morgan fingerprint density at radius 1 is 0.517 bits per heavy atom. The molecule has 2 aliphatic rings. The smallest absolute Gasteiger partial charge is 0.382 e. The van der Waals surface area contributed by atoms with Crippen molar-refractivity contribution in [2.24, 2.45) is 0 Å². The molecule has 8 nitrogen and oxygen atoms in total. The number of rotatable bonds is 15. The van der Waals surface area contributed by atoms with Crippen LogP contribution in [0.3, 0.4) is 0 Å². The van der Waals surface area contributed by atoms with Gasteiger partial charge in [-0.05, 0) is 0 Å². The first-order valence-corrected chi connectivity index (χ1v) is 22.3. The van der Waals surface area contributed by atoms with Crippen molar-refractivity contribution in [3.63, 3.8) is 0 Å². The van der Waals surface area contributed by atoms with E-state index in [1.54, 1.807) is 42.7 Å². The molecule has 0 atom stereocenters. The Bertz CT molecular complexity index is 1740. The Morgan fingerprint density at radius 2 is 0.879 bits per heavy atom. The molecule has 1 aliphatic heterocycles. The summed E-state index contributed by atoms with van der Waals surface area (Å²) in [5.74, 6) is 1.85. The molecule has 0 saturated heterocycles. The molecule has 0 saturated carbocycles. The third-order valence-electron chi connectivity index (χ3n) is 10.0. The Kier molecular flexibility index (Phi) is 24.2. The van der Waals surface area contributed by atoms with Gasteiger partial charge in [0.15, 0.2) is 0 Å². The Morgan fingerprint density at radius 3 is 1.24 bits per heavy atom. The van der Waals surface area contributed by atoms with Crippen LogP contribution in [0.15, 0.2) is 60.7 Å². The zero-order chi connectivity index (χ0) is 42.1. The van der Waals surface area contributed by atoms with Gasteiger partial charge in [0.2, 0.25) is 0 Å². The third kappa shape index (κ3) is 13.2. The number of benzene rings is 3. The van der Waals surface area contributed by atoms with Crippen molar-refractivity contribution in [1.82, 2.24) is 0 Å². The predicted molar refractivity (Wildman–Crippen MR) is 243 cm³/mol. The number of fused-ring (bicyclic) bond motifs is 3. The number of hydrogen-bond donors (Lipinski definition) is 0. The minimum absolute atomic E-state index is 0. The van der Waals surface area contributed by atoms with E-state index < -0.39 is 15.9 Å². The van der Waals surface area contributed by atoms with Crippen molar-refractivity contribution in [2.45, 2.75) is 85.5 Å². The van der Waals surface area contributed by atoms with Crippen LogP contribution in [0.25, 0.3) is 16.8 Å². The van der Waals surface area contributed by atoms with E-state index in [0.717, 1.165) is 6.42 Å². The van der Waals surface area contributed by atoms with Crippen LogP contribution < -0.4 is 37.3 Å². The summed E-state index contributed by atoms with van der Waals surface area (Å²) in [7, 11) is 9.91. The molecule has 10 heteroatoms. The van der Waals surface area contributed by atoms with E-state index in [1.807, 2.05) is 0 Å². The summed E-state index contributed by atoms with van der Waals surface area (Å²) >= 11 is -0.749. The van der Waals surface area contributed by atoms with E-state index in [4.69, 9.17) is 0 Å². The maximum absolute atomic E-state index is 4.66. The van der Waals surface area contributed by atoms with Crippen molar-refractivity contribution in [2.75, 3.05) is 90.0 Å². The number of hydrogen-bond acceptors (Lipinski definition) is 8. The molecule has 0 fully saturated rings. The normalized spacial score (nSPS) is 12.7. The van der Waals surface area contributed by atoms with Gasteiger partial charge in [0.25, 0.3) is 0 Å². The van der Waals surface area contributed by atoms with Crippen molar-refractivity contribution in [3.8, 4) is 0 Å². The fourth-order valence-electron chi connectivity index (χ4n) is 7.14. The van der Waals surface area contributed by atoms with Crippen LogP contribution in [0.5, 0.6) is 0 Å². The fourth-order valence-corrected chi connectivity index (χ4v) is 10.4. The summed E-state index contributed by atoms with van der Waals surface area (Å²) in [6.45, 7) is 23.0. The zero-order valence-corrected chi connectivity index (χ0v) is 42.6. The maximum atomic E-state index is 4.66. The molecule has 1 heterocycles. The molecule has 0 bridgehead atoms. The molecule has 314 valence electrons. The number of anilines is 4. The summed E-state index contributed by atoms with van der Waals surface area (Å²) in [4.78, 5) is 0. The summed E-state index contributed by atoms with van der Waals surface area (Å²) in [6.07, 6.45) is 5.81. The number of methoxy groups -OCH3 is 6. The average molecular weight is 868 g/mol. The van der Waals surface area contributed by atoms with Crippen molar-refractivity contribution < 1.29 is 58.0 Å². The number of para-hydroxylation sites is 2. The first-order chi connectivity index (χ1) is 27.4. The van der Waals surface area contributed by atoms with Crippen LogP contribution in [-0.4, -0.2) is 98.2 Å². The van der Waals surface area contributed by atoms with Gasteiger partial charge in [-0.1, -0.05) is 0 Å². The van der Waals surface area contributed by atoms with Crippen LogP contribution in [0.4, 0.5) is 22.7 Å². The van der Waals surface area contributed by atoms with Gasteiger partial charge >= 0.3 is 272 Å². The van der Waals surface area contributed by atoms with E-state index >= 15 is 0 Å². The molecule has 58 heavy (non-hydrogen) atoms. The fraction of sp³-hybridized carbons (Fsp3) is 0.521. The van der Waals surface area contributed by atoms with Gasteiger partial charge in [0.1, 0.15) is 0 Å². The van der Waals surface area contributed by atoms with Gasteiger partial charge in [0, 0.05) is 42.7 Å². The topological polar surface area (TPSA) is 61.9 Å². The molecule has 0 unspecified atom stereocenters. The summed E-state index contributed by atoms with van der Waals surface area (Å²) in [5, 5.41) is 2.89. The van der Waals surface area contributed by atoms with E-state index in [-0.39, 0.29) is 29.6 Å². The molecule has 6 rings (SSSR count). The Hall–Kier alpha value is -2.09. The van der Waals surface area contributed by atoms with Crippen LogP contribution in [0.1, 0.15) is 112 Å². The summed E-state index contributed by atoms with van der Waals surface area (Å²) < 4.78 is 33.5.